The Morgan fingerprint density at radius 3 is 2.50 bits per heavy atom. The van der Waals surface area contributed by atoms with Crippen LogP contribution in [0.4, 0.5) is 0 Å². The van der Waals surface area contributed by atoms with Gasteiger partial charge in [-0.05, 0) is 32.9 Å². The average molecular weight is 226 g/mol. The van der Waals surface area contributed by atoms with Crippen LogP contribution in [0, 0.1) is 0 Å². The molecule has 0 spiro atoms. The van der Waals surface area contributed by atoms with Gasteiger partial charge in [0.1, 0.15) is 0 Å². The molecule has 0 aliphatic carbocycles. The molecule has 1 rings (SSSR count). The summed E-state index contributed by atoms with van der Waals surface area (Å²) in [5, 5.41) is 0. The lowest BCUT2D eigenvalue weighted by Crippen LogP contribution is -2.43. The molecule has 1 amide bonds. The lowest BCUT2D eigenvalue weighted by molar-refractivity contribution is -0.119. The monoisotopic (exact) mass is 226 g/mol. The molecule has 0 saturated carbocycles. The first-order chi connectivity index (χ1) is 7.77. The maximum absolute atomic E-state index is 10.6. The van der Waals surface area contributed by atoms with E-state index >= 15 is 0 Å². The van der Waals surface area contributed by atoms with Crippen molar-refractivity contribution in [2.24, 2.45) is 0 Å². The number of piperidine rings is 1. The third-order valence-electron chi connectivity index (χ3n) is 3.64. The zero-order valence-corrected chi connectivity index (χ0v) is 10.8. The third kappa shape index (κ3) is 4.52. The fourth-order valence-electron chi connectivity index (χ4n) is 2.40. The third-order valence-corrected chi connectivity index (χ3v) is 3.64. The van der Waals surface area contributed by atoms with E-state index in [9.17, 15) is 4.79 Å². The van der Waals surface area contributed by atoms with Crippen LogP contribution in [-0.4, -0.2) is 48.9 Å². The van der Waals surface area contributed by atoms with E-state index in [0.717, 1.165) is 32.3 Å². The van der Waals surface area contributed by atoms with Crippen LogP contribution in [0.15, 0.2) is 0 Å². The second-order valence-corrected chi connectivity index (χ2v) is 4.91. The second-order valence-electron chi connectivity index (χ2n) is 4.91. The van der Waals surface area contributed by atoms with Gasteiger partial charge in [-0.2, -0.15) is 0 Å². The molecule has 1 saturated heterocycles. The quantitative estimate of drug-likeness (QED) is 0.490. The Labute approximate surface area is 99.8 Å². The van der Waals surface area contributed by atoms with Crippen LogP contribution in [0.2, 0.25) is 0 Å². The van der Waals surface area contributed by atoms with Gasteiger partial charge in [0.2, 0.25) is 6.41 Å². The summed E-state index contributed by atoms with van der Waals surface area (Å²) in [6, 6.07) is 0.692. The minimum absolute atomic E-state index is 0.692. The van der Waals surface area contributed by atoms with Gasteiger partial charge in [0, 0.05) is 19.1 Å². The largest absolute Gasteiger partial charge is 0.345 e. The molecule has 1 aliphatic heterocycles. The Hall–Kier alpha value is -0.570. The molecule has 1 heterocycles. The van der Waals surface area contributed by atoms with Crippen LogP contribution in [0.5, 0.6) is 0 Å². The molecule has 0 N–H and O–H groups in total. The van der Waals surface area contributed by atoms with Crippen molar-refractivity contribution in [2.45, 2.75) is 51.5 Å². The predicted octanol–water partition coefficient (Wildman–Crippen LogP) is 2.12. The maximum atomic E-state index is 10.6. The summed E-state index contributed by atoms with van der Waals surface area (Å²) in [6.07, 6.45) is 8.61. The highest BCUT2D eigenvalue weighted by molar-refractivity contribution is 5.47. The van der Waals surface area contributed by atoms with Gasteiger partial charge in [0.25, 0.3) is 0 Å². The van der Waals surface area contributed by atoms with Gasteiger partial charge >= 0.3 is 0 Å². The smallest absolute Gasteiger partial charge is 0.209 e. The van der Waals surface area contributed by atoms with Gasteiger partial charge in [-0.25, -0.2) is 0 Å². The summed E-state index contributed by atoms with van der Waals surface area (Å²) in [5.41, 5.74) is 0. The van der Waals surface area contributed by atoms with E-state index in [1.807, 2.05) is 4.90 Å². The van der Waals surface area contributed by atoms with Crippen LogP contribution >= 0.6 is 0 Å². The first kappa shape index (κ1) is 13.5. The predicted molar refractivity (Wildman–Crippen MR) is 67.4 cm³/mol. The maximum Gasteiger partial charge on any atom is 0.209 e. The molecule has 0 aromatic rings. The summed E-state index contributed by atoms with van der Waals surface area (Å²) < 4.78 is 0. The number of carbonyl (C=O) groups excluding carboxylic acids is 1. The molecule has 1 fully saturated rings. The average Bonchev–Trinajstić information content (AvgIpc) is 2.34. The molecule has 3 heteroatoms. The zero-order valence-electron chi connectivity index (χ0n) is 10.8. The van der Waals surface area contributed by atoms with Gasteiger partial charge in [-0.3, -0.25) is 4.79 Å². The fourth-order valence-corrected chi connectivity index (χ4v) is 2.40. The highest BCUT2D eigenvalue weighted by Gasteiger charge is 2.20. The lowest BCUT2D eigenvalue weighted by atomic mass is 10.0. The number of carbonyl (C=O) groups is 1. The van der Waals surface area contributed by atoms with Crippen LogP contribution in [0.1, 0.15) is 45.4 Å². The van der Waals surface area contributed by atoms with Crippen molar-refractivity contribution < 1.29 is 4.79 Å². The van der Waals surface area contributed by atoms with Crippen LogP contribution in [-0.2, 0) is 4.79 Å². The molecular weight excluding hydrogens is 200 g/mol. The van der Waals surface area contributed by atoms with E-state index in [0.29, 0.717) is 6.04 Å². The number of unbranched alkanes of at least 4 members (excludes halogenated alkanes) is 3. The van der Waals surface area contributed by atoms with Crippen LogP contribution < -0.4 is 0 Å². The molecule has 3 nitrogen and oxygen atoms in total. The Kier molecular flexibility index (Phi) is 6.46. The Bertz CT molecular complexity index is 188. The molecule has 0 bridgehead atoms. The van der Waals surface area contributed by atoms with Crippen LogP contribution in [0.3, 0.4) is 0 Å². The number of hydrogen-bond donors (Lipinski definition) is 0. The molecular formula is C13H26N2O. The second kappa shape index (κ2) is 7.66. The van der Waals surface area contributed by atoms with Gasteiger partial charge < -0.3 is 9.80 Å². The van der Waals surface area contributed by atoms with E-state index < -0.39 is 0 Å². The van der Waals surface area contributed by atoms with E-state index in [-0.39, 0.29) is 0 Å². The molecule has 16 heavy (non-hydrogen) atoms. The lowest BCUT2D eigenvalue weighted by Gasteiger charge is -2.35. The highest BCUT2D eigenvalue weighted by Crippen LogP contribution is 2.15. The van der Waals surface area contributed by atoms with Gasteiger partial charge in [0.15, 0.2) is 0 Å². The number of amides is 1. The summed E-state index contributed by atoms with van der Waals surface area (Å²) in [5.74, 6) is 0. The van der Waals surface area contributed by atoms with Crippen molar-refractivity contribution in [1.82, 2.24) is 9.80 Å². The highest BCUT2D eigenvalue weighted by atomic mass is 16.1. The number of hydrogen-bond acceptors (Lipinski definition) is 2. The van der Waals surface area contributed by atoms with Crippen LogP contribution in [0.25, 0.3) is 0 Å². The zero-order chi connectivity index (χ0) is 11.8. The molecule has 0 atom stereocenters. The van der Waals surface area contributed by atoms with E-state index in [1.165, 1.54) is 32.2 Å². The van der Waals surface area contributed by atoms with Gasteiger partial charge in [-0.1, -0.05) is 26.2 Å². The minimum Gasteiger partial charge on any atom is -0.345 e. The first-order valence-corrected chi connectivity index (χ1v) is 6.67. The minimum atomic E-state index is 0.692. The summed E-state index contributed by atoms with van der Waals surface area (Å²) in [6.45, 7) is 5.34. The Morgan fingerprint density at radius 2 is 1.94 bits per heavy atom. The van der Waals surface area contributed by atoms with Crippen molar-refractivity contribution in [2.75, 3.05) is 26.7 Å². The molecule has 0 aromatic heterocycles. The summed E-state index contributed by atoms with van der Waals surface area (Å²) >= 11 is 0. The molecule has 0 unspecified atom stereocenters. The molecule has 0 aromatic carbocycles. The Morgan fingerprint density at radius 1 is 1.25 bits per heavy atom. The first-order valence-electron chi connectivity index (χ1n) is 6.67. The van der Waals surface area contributed by atoms with E-state index in [4.69, 9.17) is 0 Å². The summed E-state index contributed by atoms with van der Waals surface area (Å²) in [7, 11) is 2.23. The normalized spacial score (nSPS) is 18.1. The van der Waals surface area contributed by atoms with Crippen molar-refractivity contribution >= 4 is 6.41 Å². The van der Waals surface area contributed by atoms with Gasteiger partial charge in [0.05, 0.1) is 0 Å². The Balaban J connectivity index is 2.12. The topological polar surface area (TPSA) is 23.6 Å². The van der Waals surface area contributed by atoms with Gasteiger partial charge in [-0.15, -0.1) is 0 Å². The standard InChI is InChI=1S/C13H26N2O/c1-3-4-5-6-9-14(2)13-7-10-15(12-16)11-8-13/h12-13H,3-11H2,1-2H3. The SMILES string of the molecule is CCCCCCN(C)C1CCN(C=O)CC1. The molecule has 0 radical (unpaired) electrons. The van der Waals surface area contributed by atoms with E-state index in [2.05, 4.69) is 18.9 Å². The number of likely N-dealkylation sites (tertiary alicyclic amines) is 1. The number of nitrogens with zero attached hydrogens (tertiary/aromatic N) is 2. The van der Waals surface area contributed by atoms with Crippen molar-refractivity contribution in [3.8, 4) is 0 Å². The van der Waals surface area contributed by atoms with Crippen molar-refractivity contribution in [3.05, 3.63) is 0 Å². The fraction of sp³-hybridized carbons (Fsp3) is 0.923. The van der Waals surface area contributed by atoms with E-state index in [1.54, 1.807) is 0 Å². The van der Waals surface area contributed by atoms with Crippen molar-refractivity contribution in [3.63, 3.8) is 0 Å². The molecule has 1 aliphatic rings. The molecule has 94 valence electrons. The number of rotatable bonds is 7. The summed E-state index contributed by atoms with van der Waals surface area (Å²) in [4.78, 5) is 15.0. The van der Waals surface area contributed by atoms with Crippen molar-refractivity contribution in [1.29, 1.82) is 0 Å².